The maximum absolute atomic E-state index is 13.3. The first-order valence-electron chi connectivity index (χ1n) is 6.58. The van der Waals surface area contributed by atoms with Crippen molar-refractivity contribution in [2.24, 2.45) is 5.92 Å². The summed E-state index contributed by atoms with van der Waals surface area (Å²) in [6.45, 7) is 2.38. The van der Waals surface area contributed by atoms with Crippen LogP contribution in [0.5, 0.6) is 0 Å². The lowest BCUT2D eigenvalue weighted by atomic mass is 10.0. The van der Waals surface area contributed by atoms with Gasteiger partial charge in [-0.3, -0.25) is 0 Å². The van der Waals surface area contributed by atoms with Gasteiger partial charge in [0.25, 0.3) is 0 Å². The summed E-state index contributed by atoms with van der Waals surface area (Å²) in [4.78, 5) is 11.6. The summed E-state index contributed by atoms with van der Waals surface area (Å²) in [7, 11) is 0. The Hall–Kier alpha value is -1.62. The second-order valence-electron chi connectivity index (χ2n) is 4.71. The molecule has 1 aromatic carbocycles. The number of benzene rings is 1. The van der Waals surface area contributed by atoms with Crippen LogP contribution in [0.25, 0.3) is 0 Å². The molecule has 1 aromatic rings. The van der Waals surface area contributed by atoms with Gasteiger partial charge in [0.2, 0.25) is 0 Å². The quantitative estimate of drug-likeness (QED) is 0.876. The largest absolute Gasteiger partial charge is 0.381 e. The summed E-state index contributed by atoms with van der Waals surface area (Å²) in [6, 6.07) is 6.17. The lowest BCUT2D eigenvalue weighted by molar-refractivity contribution is 0.0669. The van der Waals surface area contributed by atoms with Crippen LogP contribution in [0.2, 0.25) is 0 Å². The van der Waals surface area contributed by atoms with E-state index in [2.05, 4.69) is 10.6 Å². The van der Waals surface area contributed by atoms with E-state index >= 15 is 0 Å². The average Bonchev–Trinajstić information content (AvgIpc) is 2.45. The number of hydrogen-bond donors (Lipinski definition) is 2. The van der Waals surface area contributed by atoms with E-state index in [9.17, 15) is 9.18 Å². The van der Waals surface area contributed by atoms with Gasteiger partial charge in [-0.15, -0.1) is 0 Å². The van der Waals surface area contributed by atoms with Crippen LogP contribution in [0.15, 0.2) is 24.3 Å². The topological polar surface area (TPSA) is 50.4 Å². The maximum atomic E-state index is 13.3. The summed E-state index contributed by atoms with van der Waals surface area (Å²) in [6.07, 6.45) is 1.96. The molecule has 0 atom stereocenters. The molecule has 4 nitrogen and oxygen atoms in total. The molecular formula is C14H19FN2O2. The van der Waals surface area contributed by atoms with Crippen molar-refractivity contribution in [3.8, 4) is 0 Å². The number of rotatable bonds is 4. The first-order valence-corrected chi connectivity index (χ1v) is 6.58. The molecule has 1 heterocycles. The van der Waals surface area contributed by atoms with Crippen LogP contribution < -0.4 is 10.6 Å². The van der Waals surface area contributed by atoms with Crippen molar-refractivity contribution in [3.63, 3.8) is 0 Å². The third-order valence-corrected chi connectivity index (χ3v) is 3.29. The fraction of sp³-hybridized carbons (Fsp3) is 0.500. The van der Waals surface area contributed by atoms with Gasteiger partial charge in [0, 0.05) is 31.9 Å². The van der Waals surface area contributed by atoms with Gasteiger partial charge in [-0.2, -0.15) is 0 Å². The van der Waals surface area contributed by atoms with Gasteiger partial charge in [0.05, 0.1) is 0 Å². The molecular weight excluding hydrogens is 247 g/mol. The summed E-state index contributed by atoms with van der Waals surface area (Å²) in [5.74, 6) is 0.181. The molecule has 0 unspecified atom stereocenters. The predicted octanol–water partition coefficient (Wildman–Crippen LogP) is 2.05. The Labute approximate surface area is 112 Å². The van der Waals surface area contributed by atoms with Gasteiger partial charge >= 0.3 is 6.03 Å². The van der Waals surface area contributed by atoms with Crippen LogP contribution in [-0.4, -0.2) is 25.8 Å². The molecule has 2 rings (SSSR count). The molecule has 2 N–H and O–H groups in total. The molecule has 19 heavy (non-hydrogen) atoms. The zero-order valence-corrected chi connectivity index (χ0v) is 10.8. The van der Waals surface area contributed by atoms with Gasteiger partial charge in [-0.05, 0) is 24.8 Å². The highest BCUT2D eigenvalue weighted by molar-refractivity contribution is 5.73. The zero-order chi connectivity index (χ0) is 13.5. The van der Waals surface area contributed by atoms with Crippen LogP contribution in [0.1, 0.15) is 18.4 Å². The van der Waals surface area contributed by atoms with E-state index in [1.165, 1.54) is 6.07 Å². The Morgan fingerprint density at radius 2 is 2.00 bits per heavy atom. The van der Waals surface area contributed by atoms with Crippen LogP contribution in [0.4, 0.5) is 9.18 Å². The van der Waals surface area contributed by atoms with E-state index < -0.39 is 0 Å². The monoisotopic (exact) mass is 266 g/mol. The summed E-state index contributed by atoms with van der Waals surface area (Å²) in [5.41, 5.74) is 0.490. The normalized spacial score (nSPS) is 16.1. The van der Waals surface area contributed by atoms with Crippen LogP contribution in [0.3, 0.4) is 0 Å². The van der Waals surface area contributed by atoms with Crippen molar-refractivity contribution in [1.82, 2.24) is 10.6 Å². The number of nitrogens with one attached hydrogen (secondary N) is 2. The van der Waals surface area contributed by atoms with Gasteiger partial charge in [0.1, 0.15) is 5.82 Å². The summed E-state index contributed by atoms with van der Waals surface area (Å²) >= 11 is 0. The van der Waals surface area contributed by atoms with E-state index in [4.69, 9.17) is 4.74 Å². The van der Waals surface area contributed by atoms with E-state index in [1.54, 1.807) is 18.2 Å². The number of urea groups is 1. The van der Waals surface area contributed by atoms with Gasteiger partial charge in [0.15, 0.2) is 0 Å². The third-order valence-electron chi connectivity index (χ3n) is 3.29. The number of amides is 2. The molecule has 104 valence electrons. The SMILES string of the molecule is O=C(NCc1ccccc1F)NCC1CCOCC1. The van der Waals surface area contributed by atoms with Crippen LogP contribution in [-0.2, 0) is 11.3 Å². The van der Waals surface area contributed by atoms with Crippen molar-refractivity contribution >= 4 is 6.03 Å². The van der Waals surface area contributed by atoms with Gasteiger partial charge in [-0.25, -0.2) is 9.18 Å². The van der Waals surface area contributed by atoms with E-state index in [0.717, 1.165) is 26.1 Å². The smallest absolute Gasteiger partial charge is 0.315 e. The Bertz CT molecular complexity index is 420. The molecule has 1 fully saturated rings. The number of hydrogen-bond acceptors (Lipinski definition) is 2. The Morgan fingerprint density at radius 1 is 1.26 bits per heavy atom. The first kappa shape index (κ1) is 13.8. The molecule has 1 saturated heterocycles. The van der Waals surface area contributed by atoms with Crippen molar-refractivity contribution in [2.45, 2.75) is 19.4 Å². The molecule has 1 aliphatic rings. The number of ether oxygens (including phenoxy) is 1. The summed E-state index contributed by atoms with van der Waals surface area (Å²) in [5, 5.41) is 5.47. The van der Waals surface area contributed by atoms with Gasteiger partial charge < -0.3 is 15.4 Å². The molecule has 5 heteroatoms. The second kappa shape index (κ2) is 7.09. The zero-order valence-electron chi connectivity index (χ0n) is 10.8. The number of carbonyl (C=O) groups excluding carboxylic acids is 1. The first-order chi connectivity index (χ1) is 9.25. The minimum Gasteiger partial charge on any atom is -0.381 e. The maximum Gasteiger partial charge on any atom is 0.315 e. The third kappa shape index (κ3) is 4.52. The van der Waals surface area contributed by atoms with Crippen LogP contribution in [0, 0.1) is 11.7 Å². The van der Waals surface area contributed by atoms with Crippen LogP contribution >= 0.6 is 0 Å². The van der Waals surface area contributed by atoms with E-state index in [0.29, 0.717) is 18.0 Å². The minimum atomic E-state index is -0.299. The number of carbonyl (C=O) groups is 1. The molecule has 1 aliphatic heterocycles. The van der Waals surface area contributed by atoms with Crippen molar-refractivity contribution in [2.75, 3.05) is 19.8 Å². The fourth-order valence-corrected chi connectivity index (χ4v) is 2.07. The molecule has 2 amide bonds. The lowest BCUT2D eigenvalue weighted by Gasteiger charge is -2.22. The Morgan fingerprint density at radius 3 is 2.74 bits per heavy atom. The summed E-state index contributed by atoms with van der Waals surface area (Å²) < 4.78 is 18.6. The lowest BCUT2D eigenvalue weighted by Crippen LogP contribution is -2.39. The predicted molar refractivity (Wildman–Crippen MR) is 70.2 cm³/mol. The standard InChI is InChI=1S/C14H19FN2O2/c15-13-4-2-1-3-12(13)10-17-14(18)16-9-11-5-7-19-8-6-11/h1-4,11H,5-10H2,(H2,16,17,18). The fourth-order valence-electron chi connectivity index (χ4n) is 2.07. The second-order valence-corrected chi connectivity index (χ2v) is 4.71. The number of halogens is 1. The van der Waals surface area contributed by atoms with E-state index in [1.807, 2.05) is 0 Å². The van der Waals surface area contributed by atoms with Crippen molar-refractivity contribution in [1.29, 1.82) is 0 Å². The highest BCUT2D eigenvalue weighted by Gasteiger charge is 2.14. The molecule has 0 spiro atoms. The van der Waals surface area contributed by atoms with E-state index in [-0.39, 0.29) is 18.4 Å². The minimum absolute atomic E-state index is 0.201. The molecule has 0 aliphatic carbocycles. The van der Waals surface area contributed by atoms with Crippen molar-refractivity contribution < 1.29 is 13.9 Å². The molecule has 0 aromatic heterocycles. The van der Waals surface area contributed by atoms with Gasteiger partial charge in [-0.1, -0.05) is 18.2 Å². The molecule has 0 radical (unpaired) electrons. The molecule has 0 bridgehead atoms. The molecule has 0 saturated carbocycles. The highest BCUT2D eigenvalue weighted by Crippen LogP contribution is 2.13. The highest BCUT2D eigenvalue weighted by atomic mass is 19.1. The average molecular weight is 266 g/mol. The Kier molecular flexibility index (Phi) is 5.15. The Balaban J connectivity index is 1.68. The van der Waals surface area contributed by atoms with Crippen molar-refractivity contribution in [3.05, 3.63) is 35.6 Å².